The molecule has 2 aromatic rings. The first kappa shape index (κ1) is 26.2. The number of anilines is 1. The highest BCUT2D eigenvalue weighted by molar-refractivity contribution is 7.54. The topological polar surface area (TPSA) is 75.1 Å². The molecule has 31 heavy (non-hydrogen) atoms. The van der Waals surface area contributed by atoms with Crippen molar-refractivity contribution < 1.29 is 18.7 Å². The fraction of sp³-hybridized carbons (Fsp3) is 0.450. The zero-order chi connectivity index (χ0) is 21.7. The molecule has 1 aliphatic rings. The number of pyridine rings is 1. The van der Waals surface area contributed by atoms with Gasteiger partial charge in [0, 0.05) is 43.0 Å². The van der Waals surface area contributed by atoms with Crippen LogP contribution in [0, 0.1) is 0 Å². The van der Waals surface area contributed by atoms with Gasteiger partial charge >= 0.3 is 7.60 Å². The molecule has 1 aromatic heterocycles. The predicted molar refractivity (Wildman–Crippen MR) is 127 cm³/mol. The van der Waals surface area contributed by atoms with Crippen LogP contribution in [0.3, 0.4) is 0 Å². The first-order chi connectivity index (χ1) is 14.4. The van der Waals surface area contributed by atoms with Gasteiger partial charge < -0.3 is 19.1 Å². The molecule has 11 heteroatoms. The zero-order valence-electron chi connectivity index (χ0n) is 17.4. The standard InChI is InChI=1S/C20H26Cl2N3O4P.ClH/c1-3-28-30(27,29-4-2)20(16-13-15(21)14-17(22)19(16)26)25-11-9-24(10-12-25)18-7-5-6-8-23-18;/h5-8,13-14,20,26H,3-4,9-12H2,1-2H3;1H. The number of hydrogen-bond acceptors (Lipinski definition) is 7. The van der Waals surface area contributed by atoms with Gasteiger partial charge in [-0.15, -0.1) is 12.4 Å². The van der Waals surface area contributed by atoms with Gasteiger partial charge in [-0.3, -0.25) is 9.46 Å². The minimum Gasteiger partial charge on any atom is -0.506 e. The largest absolute Gasteiger partial charge is 0.506 e. The van der Waals surface area contributed by atoms with Crippen molar-refractivity contribution >= 4 is 49.0 Å². The average molecular weight is 511 g/mol. The molecule has 0 saturated carbocycles. The summed E-state index contributed by atoms with van der Waals surface area (Å²) in [5.41, 5.74) is 0.337. The number of aromatic hydroxyl groups is 1. The lowest BCUT2D eigenvalue weighted by Gasteiger charge is -2.41. The maximum atomic E-state index is 13.8. The van der Waals surface area contributed by atoms with Crippen LogP contribution in [0.1, 0.15) is 25.2 Å². The minimum absolute atomic E-state index is 0. The Balaban J connectivity index is 0.00000341. The van der Waals surface area contributed by atoms with Crippen molar-refractivity contribution in [2.45, 2.75) is 19.6 Å². The Morgan fingerprint density at radius 3 is 2.32 bits per heavy atom. The molecule has 0 amide bonds. The molecule has 1 unspecified atom stereocenters. The number of phenolic OH excluding ortho intramolecular Hbond substituents is 1. The van der Waals surface area contributed by atoms with Crippen molar-refractivity contribution in [3.05, 3.63) is 52.1 Å². The minimum atomic E-state index is -3.66. The van der Waals surface area contributed by atoms with Gasteiger partial charge in [-0.05, 0) is 38.1 Å². The number of aromatic nitrogens is 1. The smallest absolute Gasteiger partial charge is 0.352 e. The van der Waals surface area contributed by atoms with E-state index in [2.05, 4.69) is 9.88 Å². The van der Waals surface area contributed by atoms with Crippen LogP contribution in [0.25, 0.3) is 0 Å². The van der Waals surface area contributed by atoms with Crippen molar-refractivity contribution in [2.75, 3.05) is 44.3 Å². The summed E-state index contributed by atoms with van der Waals surface area (Å²) in [7, 11) is -3.66. The van der Waals surface area contributed by atoms with Crippen molar-refractivity contribution in [3.8, 4) is 5.75 Å². The Hall–Kier alpha value is -1.05. The second kappa shape index (κ2) is 11.7. The summed E-state index contributed by atoms with van der Waals surface area (Å²) in [5.74, 6) is -0.113. The zero-order valence-corrected chi connectivity index (χ0v) is 20.6. The molecule has 1 atom stereocenters. The van der Waals surface area contributed by atoms with E-state index in [1.807, 2.05) is 23.1 Å². The molecule has 0 radical (unpaired) electrons. The van der Waals surface area contributed by atoms with Gasteiger partial charge in [0.15, 0.2) is 0 Å². The quantitative estimate of drug-likeness (QED) is 0.463. The molecule has 1 aromatic carbocycles. The summed E-state index contributed by atoms with van der Waals surface area (Å²) < 4.78 is 25.1. The summed E-state index contributed by atoms with van der Waals surface area (Å²) in [6.45, 7) is 6.39. The van der Waals surface area contributed by atoms with Crippen LogP contribution in [-0.2, 0) is 13.6 Å². The second-order valence-electron chi connectivity index (χ2n) is 6.79. The summed E-state index contributed by atoms with van der Waals surface area (Å²) in [4.78, 5) is 8.55. The third-order valence-electron chi connectivity index (χ3n) is 4.89. The number of hydrogen-bond donors (Lipinski definition) is 1. The van der Waals surface area contributed by atoms with E-state index in [1.54, 1.807) is 26.1 Å². The van der Waals surface area contributed by atoms with Crippen molar-refractivity contribution in [3.63, 3.8) is 0 Å². The van der Waals surface area contributed by atoms with Crippen molar-refractivity contribution in [1.29, 1.82) is 0 Å². The van der Waals surface area contributed by atoms with Gasteiger partial charge in [0.25, 0.3) is 0 Å². The Morgan fingerprint density at radius 2 is 1.77 bits per heavy atom. The van der Waals surface area contributed by atoms with Crippen LogP contribution in [0.15, 0.2) is 36.5 Å². The van der Waals surface area contributed by atoms with Crippen LogP contribution >= 0.6 is 43.2 Å². The van der Waals surface area contributed by atoms with Crippen LogP contribution in [-0.4, -0.2) is 54.4 Å². The molecule has 1 saturated heterocycles. The van der Waals surface area contributed by atoms with Crippen LogP contribution in [0.2, 0.25) is 10.0 Å². The predicted octanol–water partition coefficient (Wildman–Crippen LogP) is 5.60. The molecule has 3 rings (SSSR count). The highest BCUT2D eigenvalue weighted by atomic mass is 35.5. The lowest BCUT2D eigenvalue weighted by molar-refractivity contribution is 0.156. The van der Waals surface area contributed by atoms with Gasteiger partial charge in [-0.2, -0.15) is 0 Å². The van der Waals surface area contributed by atoms with Gasteiger partial charge in [-0.25, -0.2) is 4.98 Å². The first-order valence-corrected chi connectivity index (χ1v) is 12.2. The normalized spacial score (nSPS) is 16.1. The van der Waals surface area contributed by atoms with Gasteiger partial charge in [0.05, 0.1) is 18.2 Å². The molecule has 7 nitrogen and oxygen atoms in total. The maximum absolute atomic E-state index is 13.8. The number of rotatable bonds is 8. The van der Waals surface area contributed by atoms with Gasteiger partial charge in [0.2, 0.25) is 0 Å². The van der Waals surface area contributed by atoms with Crippen LogP contribution < -0.4 is 4.90 Å². The summed E-state index contributed by atoms with van der Waals surface area (Å²) >= 11 is 12.4. The van der Waals surface area contributed by atoms with E-state index < -0.39 is 13.4 Å². The van der Waals surface area contributed by atoms with E-state index in [0.29, 0.717) is 36.8 Å². The van der Waals surface area contributed by atoms with E-state index in [0.717, 1.165) is 5.82 Å². The molecule has 0 aliphatic carbocycles. The number of halogens is 3. The Labute approximate surface area is 199 Å². The summed E-state index contributed by atoms with van der Waals surface area (Å²) in [6, 6.07) is 8.80. The van der Waals surface area contributed by atoms with E-state index in [-0.39, 0.29) is 36.4 Å². The van der Waals surface area contributed by atoms with E-state index in [9.17, 15) is 9.67 Å². The average Bonchev–Trinajstić information content (AvgIpc) is 2.73. The third-order valence-corrected chi connectivity index (χ3v) is 7.83. The highest BCUT2D eigenvalue weighted by Crippen LogP contribution is 2.64. The Bertz CT molecular complexity index is 889. The van der Waals surface area contributed by atoms with E-state index >= 15 is 0 Å². The molecule has 1 fully saturated rings. The SMILES string of the molecule is CCOP(=O)(OCC)C(c1cc(Cl)cc(Cl)c1O)N1CCN(c2ccccn2)CC1.Cl. The molecule has 0 spiro atoms. The number of benzene rings is 1. The monoisotopic (exact) mass is 509 g/mol. The van der Waals surface area contributed by atoms with Crippen molar-refractivity contribution in [1.82, 2.24) is 9.88 Å². The van der Waals surface area contributed by atoms with E-state index in [4.69, 9.17) is 32.2 Å². The third kappa shape index (κ3) is 6.05. The van der Waals surface area contributed by atoms with Crippen LogP contribution in [0.4, 0.5) is 5.82 Å². The second-order valence-corrected chi connectivity index (χ2v) is 9.71. The maximum Gasteiger partial charge on any atom is 0.352 e. The molecule has 1 aliphatic heterocycles. The molecule has 1 N–H and O–H groups in total. The molecule has 172 valence electrons. The molecule has 2 heterocycles. The van der Waals surface area contributed by atoms with Crippen molar-refractivity contribution in [2.24, 2.45) is 0 Å². The lowest BCUT2D eigenvalue weighted by Crippen LogP contribution is -2.48. The number of piperazine rings is 1. The highest BCUT2D eigenvalue weighted by Gasteiger charge is 2.44. The van der Waals surface area contributed by atoms with Crippen LogP contribution in [0.5, 0.6) is 5.75 Å². The number of nitrogens with zero attached hydrogens (tertiary/aromatic N) is 3. The lowest BCUT2D eigenvalue weighted by atomic mass is 10.1. The molecular formula is C20H27Cl3N3O4P. The summed E-state index contributed by atoms with van der Waals surface area (Å²) in [5, 5.41) is 11.1. The fourth-order valence-electron chi connectivity index (χ4n) is 3.62. The Kier molecular flexibility index (Phi) is 9.90. The molecule has 0 bridgehead atoms. The first-order valence-electron chi connectivity index (χ1n) is 9.86. The molecular weight excluding hydrogens is 484 g/mol. The Morgan fingerprint density at radius 1 is 1.13 bits per heavy atom. The van der Waals surface area contributed by atoms with Gasteiger partial charge in [0.1, 0.15) is 17.4 Å². The fourth-order valence-corrected chi connectivity index (χ4v) is 6.38. The van der Waals surface area contributed by atoms with Gasteiger partial charge in [-0.1, -0.05) is 29.3 Å². The summed E-state index contributed by atoms with van der Waals surface area (Å²) in [6.07, 6.45) is 1.76. The van der Waals surface area contributed by atoms with E-state index in [1.165, 1.54) is 6.07 Å². The number of phenols is 1.